The van der Waals surface area contributed by atoms with E-state index < -0.39 is 6.04 Å². The van der Waals surface area contributed by atoms with Gasteiger partial charge in [-0.3, -0.25) is 4.79 Å². The van der Waals surface area contributed by atoms with E-state index in [1.165, 1.54) is 4.70 Å². The first-order valence-electron chi connectivity index (χ1n) is 8.54. The number of benzene rings is 2. The van der Waals surface area contributed by atoms with E-state index in [-0.39, 0.29) is 11.7 Å². The standard InChI is InChI=1S/C20H20N2O3S/c1-12(21)20(24)22-6-7-25-19-14(10-22)8-13(9-17(19)23)16-11-26-18-5-3-2-4-15(16)18/h2-5,8-9,11-12,23H,6-7,10,21H2,1H3. The second-order valence-corrected chi connectivity index (χ2v) is 7.44. The van der Waals surface area contributed by atoms with Gasteiger partial charge in [-0.25, -0.2) is 0 Å². The van der Waals surface area contributed by atoms with E-state index in [1.807, 2.05) is 18.2 Å². The van der Waals surface area contributed by atoms with Crippen LogP contribution in [0.1, 0.15) is 12.5 Å². The number of thiophene rings is 1. The van der Waals surface area contributed by atoms with Crippen molar-refractivity contribution in [2.75, 3.05) is 13.2 Å². The molecule has 2 heterocycles. The minimum Gasteiger partial charge on any atom is -0.504 e. The number of nitrogens with two attached hydrogens (primary N) is 1. The van der Waals surface area contributed by atoms with Gasteiger partial charge in [-0.1, -0.05) is 18.2 Å². The molecule has 26 heavy (non-hydrogen) atoms. The molecule has 2 aromatic carbocycles. The molecule has 1 aliphatic rings. The second-order valence-electron chi connectivity index (χ2n) is 6.53. The van der Waals surface area contributed by atoms with Crippen LogP contribution in [0.3, 0.4) is 0 Å². The van der Waals surface area contributed by atoms with Gasteiger partial charge in [0.25, 0.3) is 0 Å². The highest BCUT2D eigenvalue weighted by Crippen LogP contribution is 2.41. The van der Waals surface area contributed by atoms with Crippen LogP contribution in [0.25, 0.3) is 21.2 Å². The van der Waals surface area contributed by atoms with Crippen LogP contribution < -0.4 is 10.5 Å². The molecule has 1 aromatic heterocycles. The maximum atomic E-state index is 12.3. The molecule has 1 unspecified atom stereocenters. The lowest BCUT2D eigenvalue weighted by Crippen LogP contribution is -2.42. The number of phenols is 1. The minimum atomic E-state index is -0.561. The molecule has 5 nitrogen and oxygen atoms in total. The molecule has 4 rings (SSSR count). The Bertz CT molecular complexity index is 980. The molecule has 0 bridgehead atoms. The highest BCUT2D eigenvalue weighted by atomic mass is 32.1. The van der Waals surface area contributed by atoms with E-state index >= 15 is 0 Å². The first-order valence-corrected chi connectivity index (χ1v) is 9.42. The zero-order valence-electron chi connectivity index (χ0n) is 14.4. The lowest BCUT2D eigenvalue weighted by molar-refractivity contribution is -0.132. The summed E-state index contributed by atoms with van der Waals surface area (Å²) in [4.78, 5) is 14.0. The van der Waals surface area contributed by atoms with Crippen LogP contribution in [0.2, 0.25) is 0 Å². The normalized spacial score (nSPS) is 15.2. The summed E-state index contributed by atoms with van der Waals surface area (Å²) in [6, 6.07) is 11.4. The molecule has 3 aromatic rings. The predicted molar refractivity (Wildman–Crippen MR) is 103 cm³/mol. The van der Waals surface area contributed by atoms with E-state index in [0.717, 1.165) is 22.1 Å². The fraction of sp³-hybridized carbons (Fsp3) is 0.250. The number of amides is 1. The van der Waals surface area contributed by atoms with Crippen LogP contribution in [0.4, 0.5) is 0 Å². The van der Waals surface area contributed by atoms with Gasteiger partial charge in [0, 0.05) is 27.8 Å². The molecule has 1 atom stereocenters. The Kier molecular flexibility index (Phi) is 4.30. The van der Waals surface area contributed by atoms with Crippen molar-refractivity contribution in [3.8, 4) is 22.6 Å². The molecule has 0 saturated heterocycles. The summed E-state index contributed by atoms with van der Waals surface area (Å²) >= 11 is 1.67. The Morgan fingerprint density at radius 2 is 2.15 bits per heavy atom. The maximum absolute atomic E-state index is 12.3. The van der Waals surface area contributed by atoms with Crippen LogP contribution in [-0.4, -0.2) is 35.1 Å². The van der Waals surface area contributed by atoms with Gasteiger partial charge in [0.05, 0.1) is 12.6 Å². The second kappa shape index (κ2) is 6.63. The number of carbonyl (C=O) groups is 1. The van der Waals surface area contributed by atoms with Crippen molar-refractivity contribution in [2.45, 2.75) is 19.5 Å². The summed E-state index contributed by atoms with van der Waals surface area (Å²) in [5.41, 5.74) is 8.53. The third-order valence-corrected chi connectivity index (χ3v) is 5.57. The van der Waals surface area contributed by atoms with Crippen LogP contribution in [0, 0.1) is 0 Å². The van der Waals surface area contributed by atoms with Crippen LogP contribution in [0.15, 0.2) is 41.8 Å². The molecule has 6 heteroatoms. The van der Waals surface area contributed by atoms with Gasteiger partial charge in [0.1, 0.15) is 6.61 Å². The number of fused-ring (bicyclic) bond motifs is 2. The molecule has 0 radical (unpaired) electrons. The molecule has 1 aliphatic heterocycles. The molecule has 0 spiro atoms. The van der Waals surface area contributed by atoms with Gasteiger partial charge >= 0.3 is 0 Å². The SMILES string of the molecule is CC(N)C(=O)N1CCOc2c(O)cc(-c3csc4ccccc34)cc2C1. The average molecular weight is 368 g/mol. The molecule has 0 saturated carbocycles. The highest BCUT2D eigenvalue weighted by Gasteiger charge is 2.24. The summed E-state index contributed by atoms with van der Waals surface area (Å²) in [5, 5.41) is 13.8. The molecule has 3 N–H and O–H groups in total. The lowest BCUT2D eigenvalue weighted by Gasteiger charge is -2.22. The van der Waals surface area contributed by atoms with Crippen LogP contribution in [0.5, 0.6) is 11.5 Å². The average Bonchev–Trinajstić information content (AvgIpc) is 2.93. The Balaban J connectivity index is 1.78. The summed E-state index contributed by atoms with van der Waals surface area (Å²) in [6.45, 7) is 2.84. The number of rotatable bonds is 2. The van der Waals surface area contributed by atoms with Gasteiger partial charge in [-0.2, -0.15) is 0 Å². The third kappa shape index (κ3) is 2.91. The third-order valence-electron chi connectivity index (χ3n) is 4.61. The van der Waals surface area contributed by atoms with E-state index in [1.54, 1.807) is 29.2 Å². The molecule has 134 valence electrons. The van der Waals surface area contributed by atoms with Crippen molar-refractivity contribution in [3.05, 3.63) is 47.3 Å². The van der Waals surface area contributed by atoms with Crippen molar-refractivity contribution in [2.24, 2.45) is 5.73 Å². The fourth-order valence-electron chi connectivity index (χ4n) is 3.33. The van der Waals surface area contributed by atoms with E-state index in [2.05, 4.69) is 17.5 Å². The lowest BCUT2D eigenvalue weighted by atomic mass is 10.0. The van der Waals surface area contributed by atoms with Gasteiger partial charge in [-0.05, 0) is 36.1 Å². The van der Waals surface area contributed by atoms with Gasteiger partial charge in [0.2, 0.25) is 5.91 Å². The van der Waals surface area contributed by atoms with Crippen molar-refractivity contribution in [1.29, 1.82) is 0 Å². The van der Waals surface area contributed by atoms with Crippen LogP contribution in [-0.2, 0) is 11.3 Å². The van der Waals surface area contributed by atoms with Crippen molar-refractivity contribution < 1.29 is 14.6 Å². The Hall–Kier alpha value is -2.57. The van der Waals surface area contributed by atoms with Gasteiger partial charge in [0.15, 0.2) is 11.5 Å². The topological polar surface area (TPSA) is 75.8 Å². The number of hydrogen-bond acceptors (Lipinski definition) is 5. The number of nitrogens with zero attached hydrogens (tertiary/aromatic N) is 1. The summed E-state index contributed by atoms with van der Waals surface area (Å²) < 4.78 is 6.91. The summed E-state index contributed by atoms with van der Waals surface area (Å²) in [6.07, 6.45) is 0. The Morgan fingerprint density at radius 1 is 1.35 bits per heavy atom. The molecule has 0 fully saturated rings. The van der Waals surface area contributed by atoms with E-state index in [0.29, 0.717) is 25.4 Å². The predicted octanol–water partition coefficient (Wildman–Crippen LogP) is 3.34. The number of ether oxygens (including phenoxy) is 1. The smallest absolute Gasteiger partial charge is 0.239 e. The first kappa shape index (κ1) is 16.9. The van der Waals surface area contributed by atoms with Crippen LogP contribution >= 0.6 is 11.3 Å². The van der Waals surface area contributed by atoms with Crippen molar-refractivity contribution in [1.82, 2.24) is 4.90 Å². The highest BCUT2D eigenvalue weighted by molar-refractivity contribution is 7.17. The first-order chi connectivity index (χ1) is 12.5. The molecule has 1 amide bonds. The summed E-state index contributed by atoms with van der Waals surface area (Å²) in [7, 11) is 0. The zero-order valence-corrected chi connectivity index (χ0v) is 15.3. The van der Waals surface area contributed by atoms with E-state index in [9.17, 15) is 9.90 Å². The molecule has 0 aliphatic carbocycles. The fourth-order valence-corrected chi connectivity index (χ4v) is 4.30. The number of carbonyl (C=O) groups excluding carboxylic acids is 1. The maximum Gasteiger partial charge on any atom is 0.239 e. The quantitative estimate of drug-likeness (QED) is 0.727. The minimum absolute atomic E-state index is 0.0999. The molecular formula is C20H20N2O3S. The molecular weight excluding hydrogens is 348 g/mol. The van der Waals surface area contributed by atoms with Crippen molar-refractivity contribution in [3.63, 3.8) is 0 Å². The van der Waals surface area contributed by atoms with Gasteiger partial charge in [-0.15, -0.1) is 11.3 Å². The monoisotopic (exact) mass is 368 g/mol. The van der Waals surface area contributed by atoms with Gasteiger partial charge < -0.3 is 20.5 Å². The Morgan fingerprint density at radius 3 is 2.96 bits per heavy atom. The largest absolute Gasteiger partial charge is 0.504 e. The zero-order chi connectivity index (χ0) is 18.3. The number of phenolic OH excluding ortho intramolecular Hbond substituents is 1. The number of aromatic hydroxyl groups is 1. The number of hydrogen-bond donors (Lipinski definition) is 2. The van der Waals surface area contributed by atoms with E-state index in [4.69, 9.17) is 10.5 Å². The van der Waals surface area contributed by atoms with Crippen molar-refractivity contribution >= 4 is 27.3 Å². The Labute approximate surface area is 155 Å². The summed E-state index contributed by atoms with van der Waals surface area (Å²) in [5.74, 6) is 0.434.